The molecule has 1 amide bonds. The summed E-state index contributed by atoms with van der Waals surface area (Å²) in [5, 5.41) is 11.7. The van der Waals surface area contributed by atoms with Crippen molar-refractivity contribution >= 4 is 11.5 Å². The number of amides is 1. The number of aromatic nitrogens is 2. The van der Waals surface area contributed by atoms with E-state index in [1.54, 1.807) is 12.3 Å². The summed E-state index contributed by atoms with van der Waals surface area (Å²) in [5.74, 6) is 0.0283. The molecule has 1 aromatic carbocycles. The van der Waals surface area contributed by atoms with Gasteiger partial charge in [-0.3, -0.25) is 4.79 Å². The van der Waals surface area contributed by atoms with E-state index in [1.165, 1.54) is 5.57 Å². The largest absolute Gasteiger partial charge is 1.00 e. The Morgan fingerprint density at radius 3 is 2.65 bits per heavy atom. The van der Waals surface area contributed by atoms with Gasteiger partial charge in [0.05, 0.1) is 12.1 Å². The normalized spacial score (nSPS) is 15.3. The van der Waals surface area contributed by atoms with Crippen molar-refractivity contribution in [1.29, 1.82) is 0 Å². The molecule has 0 saturated carbocycles. The Bertz CT molecular complexity index is 1170. The van der Waals surface area contributed by atoms with Crippen LogP contribution >= 0.6 is 0 Å². The van der Waals surface area contributed by atoms with Crippen LogP contribution < -0.4 is 56.5 Å². The van der Waals surface area contributed by atoms with Gasteiger partial charge in [-0.05, 0) is 55.8 Å². The van der Waals surface area contributed by atoms with E-state index in [2.05, 4.69) is 34.9 Å². The van der Waals surface area contributed by atoms with Crippen LogP contribution in [-0.2, 0) is 13.1 Å². The zero-order valence-electron chi connectivity index (χ0n) is 18.0. The Balaban J connectivity index is 0.00000231. The van der Waals surface area contributed by atoms with Crippen molar-refractivity contribution in [2.45, 2.75) is 32.9 Å². The molecule has 5 nitrogen and oxygen atoms in total. The molecule has 2 aromatic heterocycles. The topological polar surface area (TPSA) is 53.2 Å². The first kappa shape index (κ1) is 22.4. The van der Waals surface area contributed by atoms with Crippen molar-refractivity contribution in [3.05, 3.63) is 89.5 Å². The number of para-hydroxylation sites is 1. The number of rotatable bonds is 3. The number of allylic oxidation sites excluding steroid dienone is 4. The van der Waals surface area contributed by atoms with E-state index in [-0.39, 0.29) is 63.0 Å². The summed E-state index contributed by atoms with van der Waals surface area (Å²) < 4.78 is 4.15. The molecule has 0 saturated heterocycles. The molecule has 0 atom stereocenters. The van der Waals surface area contributed by atoms with Gasteiger partial charge < -0.3 is 19.1 Å². The Hall–Kier alpha value is -1.83. The van der Waals surface area contributed by atoms with Crippen LogP contribution in [0.3, 0.4) is 0 Å². The third-order valence-electron chi connectivity index (χ3n) is 6.05. The minimum atomic E-state index is 0. The minimum absolute atomic E-state index is 0. The van der Waals surface area contributed by atoms with Gasteiger partial charge in [0.25, 0.3) is 5.91 Å². The van der Waals surface area contributed by atoms with Gasteiger partial charge in [-0.1, -0.05) is 42.2 Å². The summed E-state index contributed by atoms with van der Waals surface area (Å²) >= 11 is 0. The van der Waals surface area contributed by atoms with Crippen LogP contribution in [0.1, 0.15) is 40.3 Å². The van der Waals surface area contributed by atoms with Crippen LogP contribution in [0.4, 0.5) is 0 Å². The van der Waals surface area contributed by atoms with Gasteiger partial charge in [0.1, 0.15) is 0 Å². The van der Waals surface area contributed by atoms with Crippen LogP contribution in [0.2, 0.25) is 0 Å². The number of carbonyl (C=O) groups excluding carboxylic acids is 1. The summed E-state index contributed by atoms with van der Waals surface area (Å²) in [7, 11) is 0. The molecular formula is C25H24KN3O2. The smallest absolute Gasteiger partial charge is 0.871 e. The molecule has 0 radical (unpaired) electrons. The predicted molar refractivity (Wildman–Crippen MR) is 115 cm³/mol. The van der Waals surface area contributed by atoms with Gasteiger partial charge in [0.15, 0.2) is 0 Å². The van der Waals surface area contributed by atoms with Crippen molar-refractivity contribution in [3.63, 3.8) is 0 Å². The number of hydrogen-bond acceptors (Lipinski definition) is 2. The average molecular weight is 438 g/mol. The molecule has 152 valence electrons. The van der Waals surface area contributed by atoms with E-state index in [9.17, 15) is 9.90 Å². The van der Waals surface area contributed by atoms with Crippen molar-refractivity contribution in [3.8, 4) is 11.4 Å². The summed E-state index contributed by atoms with van der Waals surface area (Å²) in [4.78, 5) is 15.4. The summed E-state index contributed by atoms with van der Waals surface area (Å²) in [6.07, 6.45) is 10.0. The summed E-state index contributed by atoms with van der Waals surface area (Å²) in [6, 6.07) is 13.9. The van der Waals surface area contributed by atoms with Crippen molar-refractivity contribution in [2.24, 2.45) is 0 Å². The zero-order chi connectivity index (χ0) is 20.7. The fourth-order valence-electron chi connectivity index (χ4n) is 4.50. The number of benzene rings is 1. The first-order chi connectivity index (χ1) is 14.6. The summed E-state index contributed by atoms with van der Waals surface area (Å²) in [6.45, 7) is 3.75. The molecule has 0 fully saturated rings. The molecule has 1 aliphatic carbocycles. The molecule has 31 heavy (non-hydrogen) atoms. The van der Waals surface area contributed by atoms with Gasteiger partial charge in [-0.15, -0.1) is 0 Å². The second-order valence-electron chi connectivity index (χ2n) is 7.95. The van der Waals surface area contributed by atoms with E-state index in [0.717, 1.165) is 41.2 Å². The molecule has 0 bridgehead atoms. The second-order valence-corrected chi connectivity index (χ2v) is 7.95. The quantitative estimate of drug-likeness (QED) is 0.576. The Morgan fingerprint density at radius 2 is 1.90 bits per heavy atom. The fraction of sp³-hybridized carbons (Fsp3) is 0.240. The SMILES string of the molecule is Cc1c(C(=O)N2CCn3cc([O-])cc3C2)cc(C2=CC=CCC2)n1-c1ccccc1.[K+]. The maximum Gasteiger partial charge on any atom is 1.00 e. The fourth-order valence-corrected chi connectivity index (χ4v) is 4.50. The average Bonchev–Trinajstić information content (AvgIpc) is 3.32. The number of nitrogens with zero attached hydrogens (tertiary/aromatic N) is 3. The molecular weight excluding hydrogens is 413 g/mol. The number of fused-ring (bicyclic) bond motifs is 1. The van der Waals surface area contributed by atoms with Crippen LogP contribution in [-0.4, -0.2) is 26.5 Å². The maximum atomic E-state index is 13.5. The Morgan fingerprint density at radius 1 is 1.10 bits per heavy atom. The predicted octanol–water partition coefficient (Wildman–Crippen LogP) is 1.05. The van der Waals surface area contributed by atoms with E-state index in [4.69, 9.17) is 0 Å². The number of hydrogen-bond donors (Lipinski definition) is 0. The van der Waals surface area contributed by atoms with E-state index in [0.29, 0.717) is 19.6 Å². The Kier molecular flexibility index (Phi) is 6.74. The van der Waals surface area contributed by atoms with E-state index in [1.807, 2.05) is 40.7 Å². The van der Waals surface area contributed by atoms with E-state index >= 15 is 0 Å². The first-order valence-electron chi connectivity index (χ1n) is 10.4. The van der Waals surface area contributed by atoms with Gasteiger partial charge in [-0.2, -0.15) is 0 Å². The van der Waals surface area contributed by atoms with Gasteiger partial charge >= 0.3 is 51.4 Å². The zero-order valence-corrected chi connectivity index (χ0v) is 21.2. The van der Waals surface area contributed by atoms with Crippen LogP contribution in [0.25, 0.3) is 11.3 Å². The number of carbonyl (C=O) groups is 1. The maximum absolute atomic E-state index is 13.5. The minimum Gasteiger partial charge on any atom is -0.871 e. The van der Waals surface area contributed by atoms with E-state index < -0.39 is 0 Å². The summed E-state index contributed by atoms with van der Waals surface area (Å²) in [5.41, 5.74) is 5.96. The first-order valence-corrected chi connectivity index (χ1v) is 10.4. The molecule has 6 heteroatoms. The van der Waals surface area contributed by atoms with Crippen molar-refractivity contribution in [1.82, 2.24) is 14.0 Å². The standard InChI is InChI=1S/C25H25N3O2.K/c1-18-23(25(30)27-13-12-26-17-22(29)14-21(26)16-27)15-24(19-8-4-2-5-9-19)28(18)20-10-6-3-7-11-20;/h2-4,6-8,10-11,14-15,17,29H,5,9,12-13,16H2,1H3;/q;+1/p-1. The molecule has 0 unspecified atom stereocenters. The van der Waals surface area contributed by atoms with Gasteiger partial charge in [0, 0.05) is 35.9 Å². The molecule has 3 aromatic rings. The van der Waals surface area contributed by atoms with Gasteiger partial charge in [0.2, 0.25) is 0 Å². The third-order valence-corrected chi connectivity index (χ3v) is 6.05. The molecule has 5 rings (SSSR count). The Labute approximate surface area is 225 Å². The molecule has 2 aliphatic rings. The van der Waals surface area contributed by atoms with Crippen molar-refractivity contribution < 1.29 is 61.3 Å². The van der Waals surface area contributed by atoms with Crippen LogP contribution in [0.5, 0.6) is 5.75 Å². The molecule has 3 heterocycles. The molecule has 0 spiro atoms. The third kappa shape index (κ3) is 4.27. The monoisotopic (exact) mass is 437 g/mol. The molecule has 1 aliphatic heterocycles. The van der Waals surface area contributed by atoms with Crippen molar-refractivity contribution in [2.75, 3.05) is 6.54 Å². The molecule has 0 N–H and O–H groups in total. The van der Waals surface area contributed by atoms with Crippen LogP contribution in [0, 0.1) is 6.92 Å². The second kappa shape index (κ2) is 9.34. The van der Waals surface area contributed by atoms with Gasteiger partial charge in [-0.25, -0.2) is 0 Å². The van der Waals surface area contributed by atoms with Crippen LogP contribution in [0.15, 0.2) is 66.9 Å².